The lowest BCUT2D eigenvalue weighted by molar-refractivity contribution is 0.566. The molecule has 7 heteroatoms. The van der Waals surface area contributed by atoms with E-state index in [1.54, 1.807) is 6.92 Å². The van der Waals surface area contributed by atoms with E-state index in [1.165, 1.54) is 18.2 Å². The fraction of sp³-hybridized carbons (Fsp3) is 0.167. The fourth-order valence-electron chi connectivity index (χ4n) is 1.66. The molecule has 0 fully saturated rings. The van der Waals surface area contributed by atoms with E-state index in [1.807, 2.05) is 0 Å². The molecule has 1 aromatic carbocycles. The van der Waals surface area contributed by atoms with Crippen molar-refractivity contribution in [3.8, 4) is 0 Å². The maximum atomic E-state index is 13.6. The van der Waals surface area contributed by atoms with Crippen LogP contribution in [0.4, 0.5) is 20.5 Å². The predicted molar refractivity (Wildman–Crippen MR) is 69.9 cm³/mol. The Bertz CT molecular complexity index is 586. The average molecular weight is 285 g/mol. The van der Waals surface area contributed by atoms with Gasteiger partial charge in [0.05, 0.1) is 6.04 Å². The molecule has 0 saturated heterocycles. The molecule has 1 aromatic heterocycles. The van der Waals surface area contributed by atoms with Gasteiger partial charge in [-0.25, -0.2) is 13.8 Å². The van der Waals surface area contributed by atoms with Crippen molar-refractivity contribution in [1.29, 1.82) is 0 Å². The minimum Gasteiger partial charge on any atom is -0.368 e. The van der Waals surface area contributed by atoms with Gasteiger partial charge in [0.2, 0.25) is 5.95 Å². The molecule has 0 aliphatic carbocycles. The van der Waals surface area contributed by atoms with Gasteiger partial charge in [-0.2, -0.15) is 4.98 Å². The second kappa shape index (κ2) is 5.36. The Labute approximate surface area is 113 Å². The SMILES string of the molecule is CC(Nc1cc(Cl)nc(N)n1)c1ccc(F)cc1F. The van der Waals surface area contributed by atoms with Crippen molar-refractivity contribution in [3.05, 3.63) is 46.6 Å². The van der Waals surface area contributed by atoms with E-state index >= 15 is 0 Å². The Hall–Kier alpha value is -1.95. The Morgan fingerprint density at radius 3 is 2.63 bits per heavy atom. The van der Waals surface area contributed by atoms with Gasteiger partial charge in [-0.3, -0.25) is 0 Å². The lowest BCUT2D eigenvalue weighted by Crippen LogP contribution is -2.11. The zero-order valence-corrected chi connectivity index (χ0v) is 10.7. The Balaban J connectivity index is 2.22. The largest absolute Gasteiger partial charge is 0.368 e. The first-order chi connectivity index (χ1) is 8.95. The topological polar surface area (TPSA) is 63.8 Å². The number of hydrogen-bond acceptors (Lipinski definition) is 4. The molecule has 0 radical (unpaired) electrons. The highest BCUT2D eigenvalue weighted by molar-refractivity contribution is 6.29. The number of nitrogen functional groups attached to an aromatic ring is 1. The quantitative estimate of drug-likeness (QED) is 0.850. The van der Waals surface area contributed by atoms with E-state index in [0.29, 0.717) is 11.4 Å². The molecule has 2 rings (SSSR count). The lowest BCUT2D eigenvalue weighted by atomic mass is 10.1. The minimum atomic E-state index is -0.631. The van der Waals surface area contributed by atoms with Gasteiger partial charge in [-0.05, 0) is 13.0 Å². The summed E-state index contributed by atoms with van der Waals surface area (Å²) in [5.41, 5.74) is 5.77. The van der Waals surface area contributed by atoms with Crippen molar-refractivity contribution in [1.82, 2.24) is 9.97 Å². The van der Waals surface area contributed by atoms with Gasteiger partial charge in [0.15, 0.2) is 0 Å². The maximum Gasteiger partial charge on any atom is 0.223 e. The molecule has 100 valence electrons. The normalized spacial score (nSPS) is 12.2. The summed E-state index contributed by atoms with van der Waals surface area (Å²) in [5.74, 6) is -0.869. The second-order valence-electron chi connectivity index (χ2n) is 3.97. The molecule has 1 atom stereocenters. The smallest absolute Gasteiger partial charge is 0.223 e. The van der Waals surface area contributed by atoms with Crippen LogP contribution in [0.15, 0.2) is 24.3 Å². The van der Waals surface area contributed by atoms with Gasteiger partial charge >= 0.3 is 0 Å². The number of benzene rings is 1. The summed E-state index contributed by atoms with van der Waals surface area (Å²) < 4.78 is 26.4. The highest BCUT2D eigenvalue weighted by Crippen LogP contribution is 2.22. The zero-order valence-electron chi connectivity index (χ0n) is 9.99. The molecular formula is C12H11ClF2N4. The molecule has 0 aliphatic rings. The molecule has 0 aliphatic heterocycles. The number of nitrogens with two attached hydrogens (primary N) is 1. The molecule has 3 N–H and O–H groups in total. The van der Waals surface area contributed by atoms with Crippen LogP contribution in [0.5, 0.6) is 0 Å². The van der Waals surface area contributed by atoms with E-state index in [-0.39, 0.29) is 11.1 Å². The van der Waals surface area contributed by atoms with Crippen molar-refractivity contribution in [2.75, 3.05) is 11.1 Å². The van der Waals surface area contributed by atoms with Gasteiger partial charge in [0.1, 0.15) is 22.6 Å². The molecule has 0 bridgehead atoms. The summed E-state index contributed by atoms with van der Waals surface area (Å²) in [6, 6.07) is 4.43. The van der Waals surface area contributed by atoms with E-state index in [4.69, 9.17) is 17.3 Å². The number of halogens is 3. The number of hydrogen-bond donors (Lipinski definition) is 2. The highest BCUT2D eigenvalue weighted by atomic mass is 35.5. The average Bonchev–Trinajstić information content (AvgIpc) is 2.26. The molecule has 1 unspecified atom stereocenters. The molecule has 0 saturated carbocycles. The molecule has 0 spiro atoms. The molecule has 1 heterocycles. The Morgan fingerprint density at radius 2 is 2.00 bits per heavy atom. The van der Waals surface area contributed by atoms with Gasteiger partial charge in [-0.15, -0.1) is 0 Å². The van der Waals surface area contributed by atoms with E-state index in [9.17, 15) is 8.78 Å². The van der Waals surface area contributed by atoms with Crippen LogP contribution in [0, 0.1) is 11.6 Å². The van der Waals surface area contributed by atoms with Crippen molar-refractivity contribution in [2.45, 2.75) is 13.0 Å². The predicted octanol–water partition coefficient (Wildman–Crippen LogP) is 3.16. The van der Waals surface area contributed by atoms with Crippen LogP contribution in [0.1, 0.15) is 18.5 Å². The van der Waals surface area contributed by atoms with Crippen LogP contribution >= 0.6 is 11.6 Å². The van der Waals surface area contributed by atoms with Crippen molar-refractivity contribution in [2.24, 2.45) is 0 Å². The summed E-state index contributed by atoms with van der Waals surface area (Å²) in [6.45, 7) is 1.71. The molecular weight excluding hydrogens is 274 g/mol. The first kappa shape index (κ1) is 13.5. The van der Waals surface area contributed by atoms with E-state index in [0.717, 1.165) is 6.07 Å². The van der Waals surface area contributed by atoms with Crippen molar-refractivity contribution < 1.29 is 8.78 Å². The first-order valence-corrected chi connectivity index (χ1v) is 5.85. The first-order valence-electron chi connectivity index (χ1n) is 5.47. The summed E-state index contributed by atoms with van der Waals surface area (Å²) in [7, 11) is 0. The van der Waals surface area contributed by atoms with E-state index in [2.05, 4.69) is 15.3 Å². The summed E-state index contributed by atoms with van der Waals surface area (Å²) in [4.78, 5) is 7.63. The molecule has 2 aromatic rings. The van der Waals surface area contributed by atoms with Crippen LogP contribution in [0.3, 0.4) is 0 Å². The highest BCUT2D eigenvalue weighted by Gasteiger charge is 2.12. The fourth-order valence-corrected chi connectivity index (χ4v) is 1.85. The Morgan fingerprint density at radius 1 is 1.26 bits per heavy atom. The third kappa shape index (κ3) is 3.29. The van der Waals surface area contributed by atoms with Crippen LogP contribution in [-0.2, 0) is 0 Å². The number of rotatable bonds is 3. The number of aromatic nitrogens is 2. The molecule has 0 amide bonds. The van der Waals surface area contributed by atoms with Crippen molar-refractivity contribution >= 4 is 23.4 Å². The number of nitrogens with one attached hydrogen (secondary N) is 1. The van der Waals surface area contributed by atoms with Crippen molar-refractivity contribution in [3.63, 3.8) is 0 Å². The van der Waals surface area contributed by atoms with Gasteiger partial charge < -0.3 is 11.1 Å². The summed E-state index contributed by atoms with van der Waals surface area (Å²) in [6.07, 6.45) is 0. The van der Waals surface area contributed by atoms with E-state index < -0.39 is 17.7 Å². The maximum absolute atomic E-state index is 13.6. The van der Waals surface area contributed by atoms with Crippen LogP contribution in [0.2, 0.25) is 5.15 Å². The minimum absolute atomic E-state index is 0.0155. The van der Waals surface area contributed by atoms with Crippen LogP contribution in [0.25, 0.3) is 0 Å². The van der Waals surface area contributed by atoms with Crippen LogP contribution < -0.4 is 11.1 Å². The second-order valence-corrected chi connectivity index (χ2v) is 4.35. The number of anilines is 2. The zero-order chi connectivity index (χ0) is 14.0. The summed E-state index contributed by atoms with van der Waals surface area (Å²) in [5, 5.41) is 3.10. The molecule has 4 nitrogen and oxygen atoms in total. The van der Waals surface area contributed by atoms with Gasteiger partial charge in [0, 0.05) is 17.7 Å². The Kier molecular flexibility index (Phi) is 3.80. The standard InChI is InChI=1S/C12H11ClF2N4/c1-6(8-3-2-7(14)4-9(8)15)17-11-5-10(13)18-12(16)19-11/h2-6H,1H3,(H3,16,17,18,19). The van der Waals surface area contributed by atoms with Gasteiger partial charge in [0.25, 0.3) is 0 Å². The van der Waals surface area contributed by atoms with Gasteiger partial charge in [-0.1, -0.05) is 17.7 Å². The summed E-state index contributed by atoms with van der Waals surface area (Å²) >= 11 is 5.74. The number of nitrogens with zero attached hydrogens (tertiary/aromatic N) is 2. The third-order valence-corrected chi connectivity index (χ3v) is 2.70. The third-order valence-electron chi connectivity index (χ3n) is 2.51. The lowest BCUT2D eigenvalue weighted by Gasteiger charge is -2.16. The van der Waals surface area contributed by atoms with Crippen LogP contribution in [-0.4, -0.2) is 9.97 Å². The monoisotopic (exact) mass is 284 g/mol. The molecule has 19 heavy (non-hydrogen) atoms.